The number of carbonyl (C=O) groups is 1. The van der Waals surface area contributed by atoms with Gasteiger partial charge in [0.25, 0.3) is 0 Å². The molecule has 0 bridgehead atoms. The highest BCUT2D eigenvalue weighted by molar-refractivity contribution is 5.75. The molecule has 1 amide bonds. The Morgan fingerprint density at radius 3 is 2.39 bits per heavy atom. The van der Waals surface area contributed by atoms with E-state index >= 15 is 0 Å². The lowest BCUT2D eigenvalue weighted by Crippen LogP contribution is -2.25. The Bertz CT molecular complexity index is 357. The second-order valence-electron chi connectivity index (χ2n) is 5.01. The van der Waals surface area contributed by atoms with Gasteiger partial charge in [0.05, 0.1) is 6.61 Å². The molecule has 2 N–H and O–H groups in total. The monoisotopic (exact) mass is 249 g/mol. The highest BCUT2D eigenvalue weighted by Crippen LogP contribution is 2.05. The predicted octanol–water partition coefficient (Wildman–Crippen LogP) is 2.27. The van der Waals surface area contributed by atoms with Crippen LogP contribution in [0.4, 0.5) is 0 Å². The molecular formula is C15H23NO2. The second-order valence-corrected chi connectivity index (χ2v) is 5.01. The third-order valence-electron chi connectivity index (χ3n) is 2.89. The van der Waals surface area contributed by atoms with Crippen LogP contribution in [0.5, 0.6) is 0 Å². The minimum atomic E-state index is 0.0756. The van der Waals surface area contributed by atoms with Gasteiger partial charge >= 0.3 is 0 Å². The van der Waals surface area contributed by atoms with Crippen LogP contribution in [0, 0.1) is 5.92 Å². The van der Waals surface area contributed by atoms with Gasteiger partial charge in [-0.2, -0.15) is 0 Å². The fourth-order valence-electron chi connectivity index (χ4n) is 1.67. The number of rotatable bonds is 7. The van der Waals surface area contributed by atoms with E-state index in [1.54, 1.807) is 0 Å². The van der Waals surface area contributed by atoms with E-state index in [9.17, 15) is 4.79 Å². The summed E-state index contributed by atoms with van der Waals surface area (Å²) in [6.07, 6.45) is 2.39. The Morgan fingerprint density at radius 1 is 1.22 bits per heavy atom. The molecule has 0 aliphatic carbocycles. The zero-order valence-corrected chi connectivity index (χ0v) is 11.3. The number of aliphatic hydroxyl groups is 1. The molecule has 0 spiro atoms. The van der Waals surface area contributed by atoms with Crippen LogP contribution in [-0.4, -0.2) is 17.6 Å². The van der Waals surface area contributed by atoms with Crippen LogP contribution < -0.4 is 5.32 Å². The van der Waals surface area contributed by atoms with Gasteiger partial charge in [0.2, 0.25) is 5.91 Å². The number of nitrogens with one attached hydrogen (secondary N) is 1. The normalized spacial score (nSPS) is 10.7. The minimum absolute atomic E-state index is 0.0756. The molecule has 100 valence electrons. The smallest absolute Gasteiger partial charge is 0.220 e. The summed E-state index contributed by atoms with van der Waals surface area (Å²) in [6.45, 7) is 4.99. The van der Waals surface area contributed by atoms with E-state index in [1.807, 2.05) is 24.3 Å². The summed E-state index contributed by atoms with van der Waals surface area (Å²) >= 11 is 0. The lowest BCUT2D eigenvalue weighted by Gasteiger charge is -2.07. The third kappa shape index (κ3) is 5.82. The SMILES string of the molecule is CC(C)CCC(=O)NCCc1ccc(CO)cc1. The first-order chi connectivity index (χ1) is 8.61. The van der Waals surface area contributed by atoms with E-state index in [0.29, 0.717) is 18.9 Å². The van der Waals surface area contributed by atoms with Crippen molar-refractivity contribution in [3.8, 4) is 0 Å². The van der Waals surface area contributed by atoms with Gasteiger partial charge in [-0.05, 0) is 29.9 Å². The lowest BCUT2D eigenvalue weighted by atomic mass is 10.1. The number of carbonyl (C=O) groups excluding carboxylic acids is 1. The highest BCUT2D eigenvalue weighted by atomic mass is 16.3. The number of aliphatic hydroxyl groups excluding tert-OH is 1. The Labute approximate surface area is 109 Å². The maximum absolute atomic E-state index is 11.5. The van der Waals surface area contributed by atoms with Crippen LogP contribution in [0.1, 0.15) is 37.8 Å². The van der Waals surface area contributed by atoms with Crippen LogP contribution in [0.25, 0.3) is 0 Å². The zero-order chi connectivity index (χ0) is 13.4. The lowest BCUT2D eigenvalue weighted by molar-refractivity contribution is -0.121. The third-order valence-corrected chi connectivity index (χ3v) is 2.89. The van der Waals surface area contributed by atoms with Crippen molar-refractivity contribution in [2.24, 2.45) is 5.92 Å². The van der Waals surface area contributed by atoms with E-state index in [1.165, 1.54) is 5.56 Å². The fourth-order valence-corrected chi connectivity index (χ4v) is 1.67. The Balaban J connectivity index is 2.22. The number of hydrogen-bond donors (Lipinski definition) is 2. The van der Waals surface area contributed by atoms with Crippen molar-refractivity contribution >= 4 is 5.91 Å². The standard InChI is InChI=1S/C15H23NO2/c1-12(2)3-8-15(18)16-10-9-13-4-6-14(11-17)7-5-13/h4-7,12,17H,3,8-11H2,1-2H3,(H,16,18). The van der Waals surface area contributed by atoms with Gasteiger partial charge in [-0.1, -0.05) is 38.1 Å². The minimum Gasteiger partial charge on any atom is -0.392 e. The van der Waals surface area contributed by atoms with Crippen molar-refractivity contribution in [1.82, 2.24) is 5.32 Å². The molecule has 0 atom stereocenters. The highest BCUT2D eigenvalue weighted by Gasteiger charge is 2.02. The number of amides is 1. The molecule has 0 heterocycles. The number of benzene rings is 1. The van der Waals surface area contributed by atoms with Crippen molar-refractivity contribution in [2.75, 3.05) is 6.54 Å². The largest absolute Gasteiger partial charge is 0.392 e. The Hall–Kier alpha value is -1.35. The molecule has 0 aliphatic heterocycles. The van der Waals surface area contributed by atoms with Gasteiger partial charge in [0, 0.05) is 13.0 Å². The summed E-state index contributed by atoms with van der Waals surface area (Å²) in [4.78, 5) is 11.5. The summed E-state index contributed by atoms with van der Waals surface area (Å²) in [6, 6.07) is 7.81. The molecule has 0 fully saturated rings. The molecule has 1 aromatic rings. The van der Waals surface area contributed by atoms with Gasteiger partial charge in [-0.25, -0.2) is 0 Å². The fraction of sp³-hybridized carbons (Fsp3) is 0.533. The molecule has 0 aliphatic rings. The molecule has 18 heavy (non-hydrogen) atoms. The predicted molar refractivity (Wildman–Crippen MR) is 73.2 cm³/mol. The summed E-state index contributed by atoms with van der Waals surface area (Å²) < 4.78 is 0. The molecular weight excluding hydrogens is 226 g/mol. The van der Waals surface area contributed by atoms with Gasteiger partial charge in [0.15, 0.2) is 0 Å². The molecule has 0 saturated heterocycles. The van der Waals surface area contributed by atoms with Crippen LogP contribution >= 0.6 is 0 Å². The van der Waals surface area contributed by atoms with Crippen LogP contribution in [0.15, 0.2) is 24.3 Å². The molecule has 1 aromatic carbocycles. The maximum atomic E-state index is 11.5. The van der Waals surface area contributed by atoms with Crippen LogP contribution in [-0.2, 0) is 17.8 Å². The van der Waals surface area contributed by atoms with Gasteiger partial charge in [-0.3, -0.25) is 4.79 Å². The maximum Gasteiger partial charge on any atom is 0.220 e. The first kappa shape index (κ1) is 14.7. The molecule has 0 saturated carbocycles. The Kier molecular flexibility index (Phi) is 6.44. The second kappa shape index (κ2) is 7.88. The van der Waals surface area contributed by atoms with E-state index < -0.39 is 0 Å². The molecule has 0 radical (unpaired) electrons. The Morgan fingerprint density at radius 2 is 1.83 bits per heavy atom. The van der Waals surface area contributed by atoms with E-state index in [-0.39, 0.29) is 12.5 Å². The van der Waals surface area contributed by atoms with Gasteiger partial charge < -0.3 is 10.4 Å². The molecule has 3 nitrogen and oxygen atoms in total. The van der Waals surface area contributed by atoms with E-state index in [2.05, 4.69) is 19.2 Å². The molecule has 3 heteroatoms. The van der Waals surface area contributed by atoms with Crippen molar-refractivity contribution in [1.29, 1.82) is 0 Å². The summed E-state index contributed by atoms with van der Waals surface area (Å²) in [5, 5.41) is 11.9. The van der Waals surface area contributed by atoms with E-state index in [0.717, 1.165) is 18.4 Å². The zero-order valence-electron chi connectivity index (χ0n) is 11.3. The average molecular weight is 249 g/mol. The first-order valence-electron chi connectivity index (χ1n) is 6.57. The topological polar surface area (TPSA) is 49.3 Å². The molecule has 1 rings (SSSR count). The average Bonchev–Trinajstić information content (AvgIpc) is 2.37. The van der Waals surface area contributed by atoms with Gasteiger partial charge in [-0.15, -0.1) is 0 Å². The summed E-state index contributed by atoms with van der Waals surface area (Å²) in [5.41, 5.74) is 2.09. The van der Waals surface area contributed by atoms with Crippen molar-refractivity contribution in [3.05, 3.63) is 35.4 Å². The summed E-state index contributed by atoms with van der Waals surface area (Å²) in [5.74, 6) is 0.706. The van der Waals surface area contributed by atoms with Crippen molar-refractivity contribution in [2.45, 2.75) is 39.7 Å². The van der Waals surface area contributed by atoms with Gasteiger partial charge in [0.1, 0.15) is 0 Å². The molecule has 0 unspecified atom stereocenters. The van der Waals surface area contributed by atoms with Crippen LogP contribution in [0.3, 0.4) is 0 Å². The van der Waals surface area contributed by atoms with Crippen molar-refractivity contribution < 1.29 is 9.90 Å². The molecule has 0 aromatic heterocycles. The van der Waals surface area contributed by atoms with Crippen LogP contribution in [0.2, 0.25) is 0 Å². The van der Waals surface area contributed by atoms with E-state index in [4.69, 9.17) is 5.11 Å². The van der Waals surface area contributed by atoms with Crippen molar-refractivity contribution in [3.63, 3.8) is 0 Å². The quantitative estimate of drug-likeness (QED) is 0.779. The summed E-state index contributed by atoms with van der Waals surface area (Å²) in [7, 11) is 0. The first-order valence-corrected chi connectivity index (χ1v) is 6.57. The number of hydrogen-bond acceptors (Lipinski definition) is 2.